The maximum atomic E-state index is 6.21. The van der Waals surface area contributed by atoms with Crippen molar-refractivity contribution in [2.45, 2.75) is 46.3 Å². The Labute approximate surface area is 178 Å². The van der Waals surface area contributed by atoms with E-state index in [2.05, 4.69) is 18.3 Å². The van der Waals surface area contributed by atoms with Gasteiger partial charge in [-0.05, 0) is 49.7 Å². The van der Waals surface area contributed by atoms with Gasteiger partial charge in [0.25, 0.3) is 0 Å². The summed E-state index contributed by atoms with van der Waals surface area (Å²) in [5.41, 5.74) is 2.07. The van der Waals surface area contributed by atoms with Crippen molar-refractivity contribution in [3.8, 4) is 11.5 Å². The average Bonchev–Trinajstić information content (AvgIpc) is 2.62. The summed E-state index contributed by atoms with van der Waals surface area (Å²) < 4.78 is 11.7. The molecule has 6 heteroatoms. The molecule has 2 aromatic carbocycles. The van der Waals surface area contributed by atoms with Crippen molar-refractivity contribution in [3.63, 3.8) is 0 Å². The minimum atomic E-state index is 0. The number of hydrogen-bond donors (Lipinski definition) is 1. The Morgan fingerprint density at radius 2 is 1.74 bits per heavy atom. The molecule has 0 bridgehead atoms. The lowest BCUT2D eigenvalue weighted by atomic mass is 10.2. The third-order valence-corrected chi connectivity index (χ3v) is 4.58. The van der Waals surface area contributed by atoms with Gasteiger partial charge in [0.05, 0.1) is 6.61 Å². The summed E-state index contributed by atoms with van der Waals surface area (Å²) in [6, 6.07) is 11.5. The quantitative estimate of drug-likeness (QED) is 0.402. The zero-order valence-corrected chi connectivity index (χ0v) is 18.2. The first kappa shape index (κ1) is 23.9. The first-order valence-corrected chi connectivity index (χ1v) is 9.92. The van der Waals surface area contributed by atoms with Gasteiger partial charge in [-0.1, -0.05) is 55.1 Å². The molecule has 0 aromatic heterocycles. The maximum Gasteiger partial charge on any atom is 0.161 e. The van der Waals surface area contributed by atoms with Crippen molar-refractivity contribution in [1.29, 1.82) is 0 Å². The number of ether oxygens (including phenoxy) is 2. The van der Waals surface area contributed by atoms with E-state index < -0.39 is 0 Å². The highest BCUT2D eigenvalue weighted by Gasteiger charge is 2.09. The van der Waals surface area contributed by atoms with Gasteiger partial charge in [0.2, 0.25) is 0 Å². The highest BCUT2D eigenvalue weighted by atomic mass is 35.5. The predicted molar refractivity (Wildman–Crippen MR) is 117 cm³/mol. The van der Waals surface area contributed by atoms with E-state index in [0.29, 0.717) is 29.0 Å². The first-order chi connectivity index (χ1) is 12.6. The van der Waals surface area contributed by atoms with Gasteiger partial charge in [0.15, 0.2) is 11.5 Å². The number of nitrogens with one attached hydrogen (secondary N) is 1. The van der Waals surface area contributed by atoms with Crippen molar-refractivity contribution in [2.75, 3.05) is 13.2 Å². The summed E-state index contributed by atoms with van der Waals surface area (Å²) in [4.78, 5) is 0. The summed E-state index contributed by atoms with van der Waals surface area (Å²) in [6.07, 6.45) is 3.70. The van der Waals surface area contributed by atoms with E-state index in [4.69, 9.17) is 32.7 Å². The molecule has 1 N–H and O–H groups in total. The van der Waals surface area contributed by atoms with Crippen molar-refractivity contribution >= 4 is 35.6 Å². The van der Waals surface area contributed by atoms with Gasteiger partial charge in [0.1, 0.15) is 6.61 Å². The third kappa shape index (κ3) is 8.18. The molecule has 0 atom stereocenters. The van der Waals surface area contributed by atoms with E-state index in [9.17, 15) is 0 Å². The number of rotatable bonds is 11. The molecule has 0 fully saturated rings. The summed E-state index contributed by atoms with van der Waals surface area (Å²) >= 11 is 12.1. The monoisotopic (exact) mass is 431 g/mol. The largest absolute Gasteiger partial charge is 0.490 e. The SMILES string of the molecule is CCCCCNCc1ccc(OCc2ccc(Cl)cc2Cl)c(OCC)c1.Cl. The lowest BCUT2D eigenvalue weighted by Crippen LogP contribution is -2.14. The van der Waals surface area contributed by atoms with Crippen LogP contribution < -0.4 is 14.8 Å². The van der Waals surface area contributed by atoms with Gasteiger partial charge < -0.3 is 14.8 Å². The Bertz CT molecular complexity index is 695. The number of unbranched alkanes of at least 4 members (excludes halogenated alkanes) is 2. The lowest BCUT2D eigenvalue weighted by Gasteiger charge is -2.14. The molecule has 27 heavy (non-hydrogen) atoms. The summed E-state index contributed by atoms with van der Waals surface area (Å²) in [5.74, 6) is 1.47. The molecule has 0 saturated carbocycles. The van der Waals surface area contributed by atoms with Crippen LogP contribution in [-0.2, 0) is 13.2 Å². The Balaban J connectivity index is 0.00000364. The molecule has 0 unspecified atom stereocenters. The Kier molecular flexibility index (Phi) is 11.6. The molecule has 2 rings (SSSR count). The first-order valence-electron chi connectivity index (χ1n) is 9.17. The van der Waals surface area contributed by atoms with Crippen molar-refractivity contribution in [1.82, 2.24) is 5.32 Å². The van der Waals surface area contributed by atoms with Crippen molar-refractivity contribution in [3.05, 3.63) is 57.6 Å². The van der Waals surface area contributed by atoms with Crippen LogP contribution in [0, 0.1) is 0 Å². The fourth-order valence-electron chi connectivity index (χ4n) is 2.58. The van der Waals surface area contributed by atoms with E-state index in [1.54, 1.807) is 6.07 Å². The second kappa shape index (κ2) is 13.1. The van der Waals surface area contributed by atoms with E-state index in [1.165, 1.54) is 24.8 Å². The maximum absolute atomic E-state index is 6.21. The molecule has 0 saturated heterocycles. The van der Waals surface area contributed by atoms with Crippen LogP contribution in [0.4, 0.5) is 0 Å². The van der Waals surface area contributed by atoms with Crippen LogP contribution >= 0.6 is 35.6 Å². The summed E-state index contributed by atoms with van der Waals surface area (Å²) in [7, 11) is 0. The van der Waals surface area contributed by atoms with Crippen LogP contribution in [0.5, 0.6) is 11.5 Å². The van der Waals surface area contributed by atoms with Gasteiger partial charge in [0, 0.05) is 22.2 Å². The molecule has 0 amide bonds. The van der Waals surface area contributed by atoms with E-state index in [1.807, 2.05) is 31.2 Å². The smallest absolute Gasteiger partial charge is 0.161 e. The number of hydrogen-bond acceptors (Lipinski definition) is 3. The van der Waals surface area contributed by atoms with Crippen LogP contribution in [0.2, 0.25) is 10.0 Å². The molecule has 0 radical (unpaired) electrons. The zero-order chi connectivity index (χ0) is 18.8. The minimum Gasteiger partial charge on any atom is -0.490 e. The highest BCUT2D eigenvalue weighted by Crippen LogP contribution is 2.30. The second-order valence-corrected chi connectivity index (χ2v) is 6.97. The normalized spacial score (nSPS) is 10.4. The number of halogens is 3. The van der Waals surface area contributed by atoms with Crippen LogP contribution in [0.1, 0.15) is 44.2 Å². The molecule has 0 aliphatic heterocycles. The van der Waals surface area contributed by atoms with Crippen molar-refractivity contribution < 1.29 is 9.47 Å². The van der Waals surface area contributed by atoms with Gasteiger partial charge in [-0.25, -0.2) is 0 Å². The third-order valence-electron chi connectivity index (χ3n) is 3.99. The van der Waals surface area contributed by atoms with Gasteiger partial charge in [-0.2, -0.15) is 0 Å². The predicted octanol–water partition coefficient (Wildman–Crippen LogP) is 6.67. The Morgan fingerprint density at radius 3 is 2.44 bits per heavy atom. The van der Waals surface area contributed by atoms with Crippen LogP contribution in [0.3, 0.4) is 0 Å². The molecule has 3 nitrogen and oxygen atoms in total. The molecule has 0 spiro atoms. The average molecular weight is 433 g/mol. The van der Waals surface area contributed by atoms with Crippen LogP contribution in [0.25, 0.3) is 0 Å². The van der Waals surface area contributed by atoms with Gasteiger partial charge in [-0.3, -0.25) is 0 Å². The fraction of sp³-hybridized carbons (Fsp3) is 0.429. The zero-order valence-electron chi connectivity index (χ0n) is 15.9. The lowest BCUT2D eigenvalue weighted by molar-refractivity contribution is 0.269. The van der Waals surface area contributed by atoms with E-state index >= 15 is 0 Å². The summed E-state index contributed by atoms with van der Waals surface area (Å²) in [6.45, 7) is 6.99. The topological polar surface area (TPSA) is 30.5 Å². The number of benzene rings is 2. The van der Waals surface area contributed by atoms with Crippen molar-refractivity contribution in [2.24, 2.45) is 0 Å². The molecule has 2 aromatic rings. The second-order valence-electron chi connectivity index (χ2n) is 6.12. The molecule has 0 heterocycles. The Morgan fingerprint density at radius 1 is 0.926 bits per heavy atom. The van der Waals surface area contributed by atoms with E-state index in [0.717, 1.165) is 24.4 Å². The molecule has 150 valence electrons. The molecular weight excluding hydrogens is 405 g/mol. The fourth-order valence-corrected chi connectivity index (χ4v) is 3.04. The van der Waals surface area contributed by atoms with Crippen LogP contribution in [0.15, 0.2) is 36.4 Å². The molecule has 0 aliphatic carbocycles. The molecular formula is C21H28Cl3NO2. The van der Waals surface area contributed by atoms with E-state index in [-0.39, 0.29) is 12.4 Å². The van der Waals surface area contributed by atoms with Gasteiger partial charge >= 0.3 is 0 Å². The van der Waals surface area contributed by atoms with Crippen LogP contribution in [-0.4, -0.2) is 13.2 Å². The minimum absolute atomic E-state index is 0. The standard InChI is InChI=1S/C21H27Cl2NO2.ClH/c1-3-5-6-11-24-14-16-7-10-20(21(12-16)25-4-2)26-15-17-8-9-18(22)13-19(17)23;/h7-10,12-13,24H,3-6,11,14-15H2,1-2H3;1H. The Hall–Kier alpha value is -1.13. The highest BCUT2D eigenvalue weighted by molar-refractivity contribution is 6.35. The summed E-state index contributed by atoms with van der Waals surface area (Å²) in [5, 5.41) is 4.69. The molecule has 0 aliphatic rings. The van der Waals surface area contributed by atoms with Gasteiger partial charge in [-0.15, -0.1) is 12.4 Å².